The molecule has 2 N–H and O–H groups in total. The molecule has 1 aliphatic heterocycles. The van der Waals surface area contributed by atoms with Crippen LogP contribution in [0.2, 0.25) is 0 Å². The van der Waals surface area contributed by atoms with Crippen LogP contribution in [0.3, 0.4) is 0 Å². The largest absolute Gasteiger partial charge is 0.378 e. The number of nitrogens with two attached hydrogens (primary N) is 1. The highest BCUT2D eigenvalue weighted by molar-refractivity contribution is 7.18. The van der Waals surface area contributed by atoms with Gasteiger partial charge in [0, 0.05) is 25.5 Å². The summed E-state index contributed by atoms with van der Waals surface area (Å²) in [5.41, 5.74) is 7.25. The van der Waals surface area contributed by atoms with Crippen LogP contribution in [0.25, 0.3) is 21.7 Å². The first-order valence-corrected chi connectivity index (χ1v) is 11.3. The highest BCUT2D eigenvalue weighted by atomic mass is 32.1. The van der Waals surface area contributed by atoms with Crippen molar-refractivity contribution >= 4 is 33.5 Å². The summed E-state index contributed by atoms with van der Waals surface area (Å²) in [6.45, 7) is 10.3. The Morgan fingerprint density at radius 3 is 2.43 bits per heavy atom. The monoisotopic (exact) mass is 428 g/mol. The zero-order valence-electron chi connectivity index (χ0n) is 17.5. The van der Waals surface area contributed by atoms with Crippen molar-refractivity contribution in [1.82, 2.24) is 29.8 Å². The average molecular weight is 429 g/mol. The first-order chi connectivity index (χ1) is 14.7. The van der Waals surface area contributed by atoms with Gasteiger partial charge in [-0.1, -0.05) is 25.2 Å². The summed E-state index contributed by atoms with van der Waals surface area (Å²) in [7, 11) is 0. The molecule has 3 aromatic rings. The van der Waals surface area contributed by atoms with E-state index in [0.29, 0.717) is 19.0 Å². The van der Waals surface area contributed by atoms with Crippen molar-refractivity contribution in [3.8, 4) is 11.4 Å². The number of ether oxygens (including phenoxy) is 1. The minimum Gasteiger partial charge on any atom is -0.378 e. The summed E-state index contributed by atoms with van der Waals surface area (Å²) in [6.07, 6.45) is 5.59. The lowest BCUT2D eigenvalue weighted by Gasteiger charge is -2.28. The first-order valence-electron chi connectivity index (χ1n) is 10.5. The van der Waals surface area contributed by atoms with Crippen molar-refractivity contribution < 1.29 is 4.74 Å². The zero-order chi connectivity index (χ0) is 20.9. The molecule has 0 aromatic carbocycles. The summed E-state index contributed by atoms with van der Waals surface area (Å²) in [5.74, 6) is 1.69. The molecular formula is C20H28N8OS. The van der Waals surface area contributed by atoms with Crippen LogP contribution in [-0.2, 0) is 11.3 Å². The van der Waals surface area contributed by atoms with Crippen molar-refractivity contribution in [2.24, 2.45) is 0 Å². The Labute approximate surface area is 180 Å². The number of nitrogen functional groups attached to an aromatic ring is 1. The molecule has 0 bridgehead atoms. The minimum absolute atomic E-state index is 0.236. The molecule has 0 unspecified atom stereocenters. The summed E-state index contributed by atoms with van der Waals surface area (Å²) < 4.78 is 5.53. The van der Waals surface area contributed by atoms with E-state index in [4.69, 9.17) is 25.4 Å². The van der Waals surface area contributed by atoms with Gasteiger partial charge in [-0.15, -0.1) is 0 Å². The summed E-state index contributed by atoms with van der Waals surface area (Å²) >= 11 is 1.64. The normalized spacial score (nSPS) is 14.7. The average Bonchev–Trinajstić information content (AvgIpc) is 3.17. The lowest BCUT2D eigenvalue weighted by Crippen LogP contribution is -2.37. The highest BCUT2D eigenvalue weighted by Crippen LogP contribution is 2.31. The second-order valence-electron chi connectivity index (χ2n) is 7.34. The van der Waals surface area contributed by atoms with Crippen molar-refractivity contribution in [3.05, 3.63) is 17.4 Å². The predicted molar refractivity (Wildman–Crippen MR) is 120 cm³/mol. The van der Waals surface area contributed by atoms with E-state index in [2.05, 4.69) is 33.6 Å². The fourth-order valence-corrected chi connectivity index (χ4v) is 4.56. The van der Waals surface area contributed by atoms with Crippen LogP contribution in [-0.4, -0.2) is 69.2 Å². The summed E-state index contributed by atoms with van der Waals surface area (Å²) in [4.78, 5) is 28.4. The van der Waals surface area contributed by atoms with Crippen LogP contribution in [0.5, 0.6) is 0 Å². The molecule has 1 aliphatic rings. The predicted octanol–water partition coefficient (Wildman–Crippen LogP) is 2.58. The Morgan fingerprint density at radius 2 is 1.77 bits per heavy atom. The molecule has 160 valence electrons. The van der Waals surface area contributed by atoms with Crippen molar-refractivity contribution in [3.63, 3.8) is 0 Å². The molecule has 0 saturated carbocycles. The molecule has 1 fully saturated rings. The second-order valence-corrected chi connectivity index (χ2v) is 8.40. The van der Waals surface area contributed by atoms with Gasteiger partial charge < -0.3 is 15.4 Å². The molecule has 4 heterocycles. The number of hydrogen-bond donors (Lipinski definition) is 1. The van der Waals surface area contributed by atoms with Gasteiger partial charge in [0.05, 0.1) is 25.3 Å². The number of nitrogens with zero attached hydrogens (tertiary/aromatic N) is 7. The number of hydrogen-bond acceptors (Lipinski definition) is 10. The van der Waals surface area contributed by atoms with Gasteiger partial charge in [0.25, 0.3) is 0 Å². The molecule has 30 heavy (non-hydrogen) atoms. The standard InChI is InChI=1S/C20H28N8OS/c1-3-5-27(6-4-2)13-15-24-16-18(28-7-9-29-10-8-28)25-17(26-19(16)30-15)14-11-22-20(21)23-12-14/h11-12H,3-10,13H2,1-2H3,(H2,21,22,23). The Morgan fingerprint density at radius 1 is 1.07 bits per heavy atom. The summed E-state index contributed by atoms with van der Waals surface area (Å²) in [5, 5.41) is 1.07. The topological polar surface area (TPSA) is 106 Å². The van der Waals surface area contributed by atoms with E-state index in [1.54, 1.807) is 23.7 Å². The van der Waals surface area contributed by atoms with E-state index >= 15 is 0 Å². The van der Waals surface area contributed by atoms with E-state index in [0.717, 1.165) is 72.3 Å². The molecule has 0 radical (unpaired) electrons. The van der Waals surface area contributed by atoms with Crippen LogP contribution < -0.4 is 10.6 Å². The van der Waals surface area contributed by atoms with E-state index in [-0.39, 0.29) is 5.95 Å². The third-order valence-corrected chi connectivity index (χ3v) is 5.90. The van der Waals surface area contributed by atoms with Gasteiger partial charge in [-0.05, 0) is 25.9 Å². The third kappa shape index (κ3) is 4.66. The molecule has 10 heteroatoms. The lowest BCUT2D eigenvalue weighted by atomic mass is 10.3. The zero-order valence-corrected chi connectivity index (χ0v) is 18.4. The number of thiazole rings is 1. The lowest BCUT2D eigenvalue weighted by molar-refractivity contribution is 0.122. The van der Waals surface area contributed by atoms with Gasteiger partial charge in [-0.3, -0.25) is 4.90 Å². The van der Waals surface area contributed by atoms with Gasteiger partial charge in [-0.25, -0.2) is 24.9 Å². The Balaban J connectivity index is 1.74. The van der Waals surface area contributed by atoms with Crippen molar-refractivity contribution in [2.45, 2.75) is 33.2 Å². The van der Waals surface area contributed by atoms with Crippen molar-refractivity contribution in [1.29, 1.82) is 0 Å². The van der Waals surface area contributed by atoms with E-state index in [9.17, 15) is 0 Å². The number of fused-ring (bicyclic) bond motifs is 1. The van der Waals surface area contributed by atoms with Gasteiger partial charge in [0.2, 0.25) is 5.95 Å². The van der Waals surface area contributed by atoms with Crippen LogP contribution in [0.15, 0.2) is 12.4 Å². The molecule has 0 amide bonds. The molecule has 0 atom stereocenters. The molecule has 3 aromatic heterocycles. The van der Waals surface area contributed by atoms with Crippen LogP contribution in [0, 0.1) is 0 Å². The molecule has 1 saturated heterocycles. The van der Waals surface area contributed by atoms with Gasteiger partial charge in [-0.2, -0.15) is 0 Å². The van der Waals surface area contributed by atoms with Crippen LogP contribution in [0.1, 0.15) is 31.7 Å². The fourth-order valence-electron chi connectivity index (χ4n) is 3.59. The summed E-state index contributed by atoms with van der Waals surface area (Å²) in [6, 6.07) is 0. The van der Waals surface area contributed by atoms with Crippen LogP contribution in [0.4, 0.5) is 11.8 Å². The second kappa shape index (κ2) is 9.59. The Bertz CT molecular complexity index is 965. The maximum Gasteiger partial charge on any atom is 0.219 e. The molecule has 4 rings (SSSR count). The highest BCUT2D eigenvalue weighted by Gasteiger charge is 2.22. The number of rotatable bonds is 8. The third-order valence-electron chi connectivity index (χ3n) is 4.96. The maximum atomic E-state index is 5.64. The fraction of sp³-hybridized carbons (Fsp3) is 0.550. The molecule has 9 nitrogen and oxygen atoms in total. The number of anilines is 2. The molecule has 0 aliphatic carbocycles. The number of morpholine rings is 1. The quantitative estimate of drug-likeness (QED) is 0.579. The van der Waals surface area contributed by atoms with E-state index in [1.807, 2.05) is 0 Å². The van der Waals surface area contributed by atoms with Crippen LogP contribution >= 0.6 is 11.3 Å². The molecular weight excluding hydrogens is 400 g/mol. The number of aromatic nitrogens is 5. The van der Waals surface area contributed by atoms with E-state index < -0.39 is 0 Å². The van der Waals surface area contributed by atoms with Gasteiger partial charge in [0.15, 0.2) is 11.6 Å². The first kappa shape index (κ1) is 20.8. The Hall–Kier alpha value is -2.43. The van der Waals surface area contributed by atoms with E-state index in [1.165, 1.54) is 0 Å². The van der Waals surface area contributed by atoms with Crippen molar-refractivity contribution in [2.75, 3.05) is 50.0 Å². The smallest absolute Gasteiger partial charge is 0.219 e. The molecule has 0 spiro atoms. The van der Waals surface area contributed by atoms with Gasteiger partial charge >= 0.3 is 0 Å². The van der Waals surface area contributed by atoms with Gasteiger partial charge in [0.1, 0.15) is 15.4 Å². The minimum atomic E-state index is 0.236. The maximum absolute atomic E-state index is 5.64. The SMILES string of the molecule is CCCN(CCC)Cc1nc2c(N3CCOCC3)nc(-c3cnc(N)nc3)nc2s1. The Kier molecular flexibility index (Phi) is 6.66.